The second-order valence-electron chi connectivity index (χ2n) is 6.03. The van der Waals surface area contributed by atoms with Crippen molar-refractivity contribution in [3.8, 4) is 0 Å². The van der Waals surface area contributed by atoms with Crippen LogP contribution in [0.3, 0.4) is 0 Å². The number of benzene rings is 1. The Labute approximate surface area is 159 Å². The molecule has 2 aromatic rings. The predicted octanol–water partition coefficient (Wildman–Crippen LogP) is 1.88. The van der Waals surface area contributed by atoms with Gasteiger partial charge in [-0.3, -0.25) is 14.2 Å². The molecule has 9 heteroatoms. The summed E-state index contributed by atoms with van der Waals surface area (Å²) in [6, 6.07) is 3.20. The first-order chi connectivity index (χ1) is 12.4. The molecule has 1 aliphatic rings. The van der Waals surface area contributed by atoms with Crippen molar-refractivity contribution in [3.05, 3.63) is 45.3 Å². The maximum atomic E-state index is 12.4. The number of H-pyrrole nitrogens is 1. The number of aromatic amines is 1. The minimum atomic E-state index is -0.312. The Morgan fingerprint density at radius 2 is 1.73 bits per heavy atom. The van der Waals surface area contributed by atoms with E-state index in [-0.39, 0.29) is 30.5 Å². The number of aryl methyl sites for hydroxylation is 1. The highest BCUT2D eigenvalue weighted by Crippen LogP contribution is 2.26. The van der Waals surface area contributed by atoms with Crippen molar-refractivity contribution in [2.24, 2.45) is 0 Å². The maximum Gasteiger partial charge on any atom is 0.326 e. The van der Waals surface area contributed by atoms with Crippen LogP contribution in [0.25, 0.3) is 11.0 Å². The van der Waals surface area contributed by atoms with E-state index in [0.29, 0.717) is 47.3 Å². The quantitative estimate of drug-likeness (QED) is 0.801. The zero-order valence-corrected chi connectivity index (χ0v) is 15.5. The third-order valence-electron chi connectivity index (χ3n) is 4.48. The fourth-order valence-electron chi connectivity index (χ4n) is 3.04. The van der Waals surface area contributed by atoms with Crippen molar-refractivity contribution >= 4 is 46.0 Å². The lowest BCUT2D eigenvalue weighted by molar-refractivity contribution is -0.137. The fourth-order valence-corrected chi connectivity index (χ4v) is 3.37. The van der Waals surface area contributed by atoms with E-state index in [1.807, 2.05) is 0 Å². The highest BCUT2D eigenvalue weighted by Gasteiger charge is 2.23. The molecule has 0 unspecified atom stereocenters. The summed E-state index contributed by atoms with van der Waals surface area (Å²) >= 11 is 12.0. The molecule has 2 heterocycles. The molecule has 1 saturated heterocycles. The van der Waals surface area contributed by atoms with Crippen LogP contribution >= 0.6 is 23.2 Å². The van der Waals surface area contributed by atoms with Crippen LogP contribution in [0.15, 0.2) is 29.6 Å². The van der Waals surface area contributed by atoms with E-state index in [9.17, 15) is 14.4 Å². The maximum absolute atomic E-state index is 12.4. The van der Waals surface area contributed by atoms with Gasteiger partial charge in [-0.2, -0.15) is 0 Å². The number of carbonyl (C=O) groups is 2. The number of halogens is 2. The lowest BCUT2D eigenvalue weighted by Gasteiger charge is -2.34. The van der Waals surface area contributed by atoms with Gasteiger partial charge < -0.3 is 14.8 Å². The number of hydrogen-bond donors (Lipinski definition) is 1. The van der Waals surface area contributed by atoms with Gasteiger partial charge in [-0.15, -0.1) is 0 Å². The zero-order chi connectivity index (χ0) is 18.8. The minimum Gasteiger partial charge on any atom is -0.339 e. The normalized spacial score (nSPS) is 14.7. The highest BCUT2D eigenvalue weighted by atomic mass is 35.5. The number of imidazole rings is 1. The zero-order valence-electron chi connectivity index (χ0n) is 14.0. The van der Waals surface area contributed by atoms with Gasteiger partial charge in [-0.25, -0.2) is 4.79 Å². The molecule has 3 rings (SSSR count). The third kappa shape index (κ3) is 3.64. The van der Waals surface area contributed by atoms with Crippen LogP contribution in [0.1, 0.15) is 6.42 Å². The first kappa shape index (κ1) is 18.5. The smallest absolute Gasteiger partial charge is 0.326 e. The van der Waals surface area contributed by atoms with Gasteiger partial charge in [0.2, 0.25) is 11.8 Å². The Balaban J connectivity index is 1.65. The minimum absolute atomic E-state index is 0.0583. The van der Waals surface area contributed by atoms with Crippen molar-refractivity contribution in [1.82, 2.24) is 19.4 Å². The summed E-state index contributed by atoms with van der Waals surface area (Å²) in [4.78, 5) is 42.2. The van der Waals surface area contributed by atoms with Crippen LogP contribution in [0, 0.1) is 0 Å². The standard InChI is InChI=1S/C17H18Cl2N4O3/c1-2-15(24)21-5-7-22(8-6-21)16(25)3-4-23-14-10-12(19)11(18)9-13(14)20-17(23)26/h2,9-10H,1,3-8H2,(H,20,26). The van der Waals surface area contributed by atoms with Gasteiger partial charge in [-0.1, -0.05) is 29.8 Å². The van der Waals surface area contributed by atoms with Crippen LogP contribution in [0.4, 0.5) is 0 Å². The molecular weight excluding hydrogens is 379 g/mol. The number of nitrogens with one attached hydrogen (secondary N) is 1. The molecule has 0 atom stereocenters. The number of hydrogen-bond acceptors (Lipinski definition) is 3. The van der Waals surface area contributed by atoms with E-state index >= 15 is 0 Å². The lowest BCUT2D eigenvalue weighted by atomic mass is 10.2. The van der Waals surface area contributed by atoms with Crippen molar-refractivity contribution in [2.45, 2.75) is 13.0 Å². The molecule has 1 N–H and O–H groups in total. The highest BCUT2D eigenvalue weighted by molar-refractivity contribution is 6.42. The molecule has 0 radical (unpaired) electrons. The average molecular weight is 397 g/mol. The summed E-state index contributed by atoms with van der Waals surface area (Å²) in [5.74, 6) is -0.185. The molecule has 0 spiro atoms. The van der Waals surface area contributed by atoms with Crippen LogP contribution in [-0.4, -0.2) is 57.3 Å². The Morgan fingerprint density at radius 1 is 1.12 bits per heavy atom. The molecule has 0 saturated carbocycles. The van der Waals surface area contributed by atoms with Gasteiger partial charge in [-0.05, 0) is 18.2 Å². The van der Waals surface area contributed by atoms with Gasteiger partial charge in [0.05, 0.1) is 21.1 Å². The number of aromatic nitrogens is 2. The second kappa shape index (κ2) is 7.55. The van der Waals surface area contributed by atoms with E-state index < -0.39 is 0 Å². The van der Waals surface area contributed by atoms with Crippen molar-refractivity contribution in [2.75, 3.05) is 26.2 Å². The Hall–Kier alpha value is -2.25. The first-order valence-corrected chi connectivity index (χ1v) is 8.93. The summed E-state index contributed by atoms with van der Waals surface area (Å²) in [5, 5.41) is 0.705. The second-order valence-corrected chi connectivity index (χ2v) is 6.84. The summed E-state index contributed by atoms with van der Waals surface area (Å²) in [6.45, 7) is 5.62. The van der Waals surface area contributed by atoms with E-state index in [0.717, 1.165) is 0 Å². The largest absolute Gasteiger partial charge is 0.339 e. The predicted molar refractivity (Wildman–Crippen MR) is 101 cm³/mol. The van der Waals surface area contributed by atoms with Gasteiger partial charge in [0, 0.05) is 39.1 Å². The Kier molecular flexibility index (Phi) is 5.38. The molecule has 7 nitrogen and oxygen atoms in total. The summed E-state index contributed by atoms with van der Waals surface area (Å²) in [5.41, 5.74) is 0.875. The lowest BCUT2D eigenvalue weighted by Crippen LogP contribution is -2.50. The number of fused-ring (bicyclic) bond motifs is 1. The third-order valence-corrected chi connectivity index (χ3v) is 5.21. The molecule has 1 aromatic heterocycles. The number of carbonyl (C=O) groups excluding carboxylic acids is 2. The first-order valence-electron chi connectivity index (χ1n) is 8.17. The van der Waals surface area contributed by atoms with Gasteiger partial charge in [0.1, 0.15) is 0 Å². The van der Waals surface area contributed by atoms with E-state index in [1.54, 1.807) is 21.9 Å². The molecule has 2 amide bonds. The number of piperazine rings is 1. The van der Waals surface area contributed by atoms with E-state index in [4.69, 9.17) is 23.2 Å². The molecule has 1 fully saturated rings. The fraction of sp³-hybridized carbons (Fsp3) is 0.353. The molecule has 138 valence electrons. The summed E-state index contributed by atoms with van der Waals surface area (Å²) in [7, 11) is 0. The molecule has 1 aliphatic heterocycles. The van der Waals surface area contributed by atoms with Crippen LogP contribution in [-0.2, 0) is 16.1 Å². The summed E-state index contributed by atoms with van der Waals surface area (Å²) in [6.07, 6.45) is 1.46. The monoisotopic (exact) mass is 396 g/mol. The molecular formula is C17H18Cl2N4O3. The number of amides is 2. The Bertz CT molecular complexity index is 926. The van der Waals surface area contributed by atoms with E-state index in [1.165, 1.54) is 10.6 Å². The average Bonchev–Trinajstić information content (AvgIpc) is 2.93. The van der Waals surface area contributed by atoms with Crippen molar-refractivity contribution in [1.29, 1.82) is 0 Å². The molecule has 1 aromatic carbocycles. The van der Waals surface area contributed by atoms with Crippen LogP contribution < -0.4 is 5.69 Å². The number of nitrogens with zero attached hydrogens (tertiary/aromatic N) is 3. The summed E-state index contributed by atoms with van der Waals surface area (Å²) < 4.78 is 1.48. The molecule has 0 aliphatic carbocycles. The topological polar surface area (TPSA) is 78.4 Å². The van der Waals surface area contributed by atoms with E-state index in [2.05, 4.69) is 11.6 Å². The molecule has 0 bridgehead atoms. The Morgan fingerprint density at radius 3 is 2.38 bits per heavy atom. The van der Waals surface area contributed by atoms with Gasteiger partial charge >= 0.3 is 5.69 Å². The molecule has 26 heavy (non-hydrogen) atoms. The van der Waals surface area contributed by atoms with Crippen molar-refractivity contribution < 1.29 is 9.59 Å². The van der Waals surface area contributed by atoms with Crippen LogP contribution in [0.2, 0.25) is 10.0 Å². The van der Waals surface area contributed by atoms with Gasteiger partial charge in [0.25, 0.3) is 0 Å². The van der Waals surface area contributed by atoms with Crippen molar-refractivity contribution in [3.63, 3.8) is 0 Å². The number of rotatable bonds is 4. The van der Waals surface area contributed by atoms with Crippen LogP contribution in [0.5, 0.6) is 0 Å². The SMILES string of the molecule is C=CC(=O)N1CCN(C(=O)CCn2c(=O)[nH]c3cc(Cl)c(Cl)cc32)CC1. The van der Waals surface area contributed by atoms with Gasteiger partial charge in [0.15, 0.2) is 0 Å².